The van der Waals surface area contributed by atoms with E-state index in [4.69, 9.17) is 4.74 Å². The Kier molecular flexibility index (Phi) is 4.78. The number of rotatable bonds is 8. The number of hydrogen-bond acceptors (Lipinski definition) is 4. The Morgan fingerprint density at radius 3 is 3.00 bits per heavy atom. The highest BCUT2D eigenvalue weighted by Gasteiger charge is 2.01. The van der Waals surface area contributed by atoms with Crippen LogP contribution >= 0.6 is 0 Å². The van der Waals surface area contributed by atoms with Crippen LogP contribution in [-0.2, 0) is 17.8 Å². The van der Waals surface area contributed by atoms with Crippen molar-refractivity contribution >= 4 is 5.95 Å². The Labute approximate surface area is 107 Å². The molecule has 0 aliphatic rings. The number of hydrogen-bond donors (Lipinski definition) is 1. The van der Waals surface area contributed by atoms with Crippen LogP contribution in [0.4, 0.5) is 5.95 Å². The molecule has 2 aromatic heterocycles. The van der Waals surface area contributed by atoms with Gasteiger partial charge in [0.25, 0.3) is 0 Å². The summed E-state index contributed by atoms with van der Waals surface area (Å²) in [7, 11) is 1.69. The summed E-state index contributed by atoms with van der Waals surface area (Å²) in [5.41, 5.74) is 0. The molecule has 0 spiro atoms. The van der Waals surface area contributed by atoms with E-state index < -0.39 is 0 Å². The third kappa shape index (κ3) is 3.59. The van der Waals surface area contributed by atoms with Crippen molar-refractivity contribution in [2.45, 2.75) is 19.5 Å². The molecule has 2 rings (SSSR count). The molecule has 2 aromatic rings. The lowest BCUT2D eigenvalue weighted by Crippen LogP contribution is -2.13. The van der Waals surface area contributed by atoms with E-state index in [-0.39, 0.29) is 0 Å². The summed E-state index contributed by atoms with van der Waals surface area (Å²) < 4.78 is 9.05. The highest BCUT2D eigenvalue weighted by Crippen LogP contribution is 2.05. The van der Waals surface area contributed by atoms with Crippen LogP contribution in [-0.4, -0.2) is 39.6 Å². The van der Waals surface area contributed by atoms with Gasteiger partial charge in [0.05, 0.1) is 6.61 Å². The molecule has 0 bridgehead atoms. The number of imidazole rings is 1. The lowest BCUT2D eigenvalue weighted by Gasteiger charge is -2.09. The van der Waals surface area contributed by atoms with E-state index in [1.165, 1.54) is 0 Å². The van der Waals surface area contributed by atoms with Gasteiger partial charge < -0.3 is 14.6 Å². The van der Waals surface area contributed by atoms with Crippen LogP contribution in [0, 0.1) is 0 Å². The van der Waals surface area contributed by atoms with Gasteiger partial charge in [-0.25, -0.2) is 4.98 Å². The maximum absolute atomic E-state index is 5.00. The fourth-order valence-electron chi connectivity index (χ4n) is 1.76. The second-order valence-electron chi connectivity index (χ2n) is 3.99. The molecule has 98 valence electrons. The van der Waals surface area contributed by atoms with Crippen LogP contribution in [0.1, 0.15) is 6.42 Å². The van der Waals surface area contributed by atoms with Gasteiger partial charge >= 0.3 is 0 Å². The van der Waals surface area contributed by atoms with E-state index in [0.29, 0.717) is 6.61 Å². The number of nitrogens with one attached hydrogen (secondary N) is 1. The summed E-state index contributed by atoms with van der Waals surface area (Å²) in [6.45, 7) is 3.30. The third-order valence-electron chi connectivity index (χ3n) is 2.65. The number of ether oxygens (including phenoxy) is 1. The van der Waals surface area contributed by atoms with Gasteiger partial charge in [-0.15, -0.1) is 0 Å². The topological polar surface area (TPSA) is 56.9 Å². The van der Waals surface area contributed by atoms with Crippen LogP contribution in [0.3, 0.4) is 0 Å². The predicted octanol–water partition coefficient (Wildman–Crippen LogP) is 1.23. The first-order chi connectivity index (χ1) is 8.90. The number of aromatic nitrogens is 4. The Morgan fingerprint density at radius 1 is 1.28 bits per heavy atom. The van der Waals surface area contributed by atoms with Crippen molar-refractivity contribution in [2.75, 3.05) is 25.6 Å². The van der Waals surface area contributed by atoms with Gasteiger partial charge in [-0.3, -0.25) is 4.68 Å². The van der Waals surface area contributed by atoms with Crippen molar-refractivity contribution in [1.29, 1.82) is 0 Å². The van der Waals surface area contributed by atoms with Gasteiger partial charge in [-0.1, -0.05) is 0 Å². The Morgan fingerprint density at radius 2 is 2.22 bits per heavy atom. The Bertz CT molecular complexity index is 437. The summed E-state index contributed by atoms with van der Waals surface area (Å²) in [5.74, 6) is 0.896. The van der Waals surface area contributed by atoms with Crippen molar-refractivity contribution in [3.8, 4) is 0 Å². The fraction of sp³-hybridized carbons (Fsp3) is 0.500. The van der Waals surface area contributed by atoms with Gasteiger partial charge in [0, 0.05) is 51.5 Å². The first kappa shape index (κ1) is 12.6. The fourth-order valence-corrected chi connectivity index (χ4v) is 1.76. The number of aryl methyl sites for hydroxylation is 2. The molecule has 2 heterocycles. The molecule has 1 N–H and O–H groups in total. The van der Waals surface area contributed by atoms with Crippen LogP contribution in [0.5, 0.6) is 0 Å². The molecule has 0 saturated heterocycles. The standard InChI is InChI=1S/C12H19N5O/c1-18-11-6-14-12-13-5-10-16(12)7-3-9-17-8-2-4-15-17/h2,4-5,8,10H,3,6-7,9,11H2,1H3,(H,13,14). The van der Waals surface area contributed by atoms with Crippen LogP contribution in [0.2, 0.25) is 0 Å². The van der Waals surface area contributed by atoms with Crippen LogP contribution in [0.25, 0.3) is 0 Å². The molecule has 0 atom stereocenters. The minimum Gasteiger partial charge on any atom is -0.383 e. The monoisotopic (exact) mass is 249 g/mol. The lowest BCUT2D eigenvalue weighted by atomic mass is 10.4. The molecule has 0 amide bonds. The highest BCUT2D eigenvalue weighted by molar-refractivity contribution is 5.25. The van der Waals surface area contributed by atoms with Crippen LogP contribution < -0.4 is 5.32 Å². The maximum Gasteiger partial charge on any atom is 0.202 e. The average molecular weight is 249 g/mol. The Balaban J connectivity index is 1.76. The van der Waals surface area contributed by atoms with Crippen molar-refractivity contribution < 1.29 is 4.74 Å². The summed E-state index contributed by atoms with van der Waals surface area (Å²) >= 11 is 0. The summed E-state index contributed by atoms with van der Waals surface area (Å²) in [4.78, 5) is 4.28. The largest absolute Gasteiger partial charge is 0.383 e. The van der Waals surface area contributed by atoms with E-state index >= 15 is 0 Å². The van der Waals surface area contributed by atoms with Crippen molar-refractivity contribution in [3.05, 3.63) is 30.9 Å². The Hall–Kier alpha value is -1.82. The zero-order chi connectivity index (χ0) is 12.6. The molecular weight excluding hydrogens is 230 g/mol. The zero-order valence-electron chi connectivity index (χ0n) is 10.6. The van der Waals surface area contributed by atoms with Crippen molar-refractivity contribution in [3.63, 3.8) is 0 Å². The molecule has 0 saturated carbocycles. The van der Waals surface area contributed by atoms with Gasteiger partial charge in [0.15, 0.2) is 0 Å². The van der Waals surface area contributed by atoms with Crippen molar-refractivity contribution in [2.24, 2.45) is 0 Å². The first-order valence-corrected chi connectivity index (χ1v) is 6.11. The second-order valence-corrected chi connectivity index (χ2v) is 3.99. The lowest BCUT2D eigenvalue weighted by molar-refractivity contribution is 0.210. The van der Waals surface area contributed by atoms with E-state index in [1.54, 1.807) is 13.3 Å². The van der Waals surface area contributed by atoms with E-state index in [0.717, 1.165) is 32.0 Å². The molecule has 6 nitrogen and oxygen atoms in total. The normalized spacial score (nSPS) is 10.7. The quantitative estimate of drug-likeness (QED) is 0.715. The number of anilines is 1. The minimum atomic E-state index is 0.681. The molecule has 18 heavy (non-hydrogen) atoms. The van der Waals surface area contributed by atoms with Gasteiger partial charge in [0.1, 0.15) is 0 Å². The summed E-state index contributed by atoms with van der Waals surface area (Å²) in [6, 6.07) is 1.94. The van der Waals surface area contributed by atoms with Gasteiger partial charge in [-0.05, 0) is 12.5 Å². The van der Waals surface area contributed by atoms with E-state index in [1.807, 2.05) is 29.3 Å². The average Bonchev–Trinajstić information content (AvgIpc) is 3.02. The van der Waals surface area contributed by atoms with E-state index in [2.05, 4.69) is 20.0 Å². The van der Waals surface area contributed by atoms with Gasteiger partial charge in [0.2, 0.25) is 5.95 Å². The SMILES string of the molecule is COCCNc1nccn1CCCn1cccn1. The second kappa shape index (κ2) is 6.80. The summed E-state index contributed by atoms with van der Waals surface area (Å²) in [6.07, 6.45) is 8.60. The van der Waals surface area contributed by atoms with E-state index in [9.17, 15) is 0 Å². The van der Waals surface area contributed by atoms with Crippen LogP contribution in [0.15, 0.2) is 30.9 Å². The minimum absolute atomic E-state index is 0.681. The third-order valence-corrected chi connectivity index (χ3v) is 2.65. The molecule has 0 unspecified atom stereocenters. The highest BCUT2D eigenvalue weighted by atomic mass is 16.5. The summed E-state index contributed by atoms with van der Waals surface area (Å²) in [5, 5.41) is 7.42. The van der Waals surface area contributed by atoms with Crippen molar-refractivity contribution in [1.82, 2.24) is 19.3 Å². The molecule has 0 aliphatic heterocycles. The molecule has 0 radical (unpaired) electrons. The first-order valence-electron chi connectivity index (χ1n) is 6.11. The zero-order valence-corrected chi connectivity index (χ0v) is 10.6. The van der Waals surface area contributed by atoms with Gasteiger partial charge in [-0.2, -0.15) is 5.10 Å². The smallest absolute Gasteiger partial charge is 0.202 e. The maximum atomic E-state index is 5.00. The molecule has 0 aliphatic carbocycles. The number of nitrogens with zero attached hydrogens (tertiary/aromatic N) is 4. The molecule has 6 heteroatoms. The number of methoxy groups -OCH3 is 1. The molecule has 0 aromatic carbocycles. The molecule has 0 fully saturated rings. The predicted molar refractivity (Wildman–Crippen MR) is 69.4 cm³/mol. The molecular formula is C12H19N5O.